The van der Waals surface area contributed by atoms with E-state index in [-0.39, 0.29) is 28.2 Å². The number of halogens is 1. The van der Waals surface area contributed by atoms with Crippen molar-refractivity contribution in [3.8, 4) is 11.4 Å². The van der Waals surface area contributed by atoms with Gasteiger partial charge in [-0.1, -0.05) is 47.1 Å². The zero-order valence-electron chi connectivity index (χ0n) is 14.6. The van der Waals surface area contributed by atoms with Crippen LogP contribution >= 0.6 is 11.6 Å². The average molecular weight is 399 g/mol. The van der Waals surface area contributed by atoms with Crippen LogP contribution in [0, 0.1) is 10.1 Å². The summed E-state index contributed by atoms with van der Waals surface area (Å²) in [5, 5.41) is 14.9. The van der Waals surface area contributed by atoms with Crippen molar-refractivity contribution in [2.45, 2.75) is 18.9 Å². The first-order valence-electron chi connectivity index (χ1n) is 8.68. The van der Waals surface area contributed by atoms with Crippen LogP contribution in [0.2, 0.25) is 5.02 Å². The lowest BCUT2D eigenvalue weighted by Gasteiger charge is -2.22. The van der Waals surface area contributed by atoms with Gasteiger partial charge in [-0.05, 0) is 18.9 Å². The summed E-state index contributed by atoms with van der Waals surface area (Å²) in [6.07, 6.45) is 1.47. The molecule has 1 atom stereocenters. The lowest BCUT2D eigenvalue weighted by Crippen LogP contribution is -2.31. The second-order valence-corrected chi connectivity index (χ2v) is 6.81. The molecule has 0 bridgehead atoms. The van der Waals surface area contributed by atoms with Gasteiger partial charge >= 0.3 is 0 Å². The Morgan fingerprint density at radius 2 is 2.04 bits per heavy atom. The van der Waals surface area contributed by atoms with E-state index in [1.165, 1.54) is 18.2 Å². The standard InChI is InChI=1S/C19H15ClN4O4/c20-15-11-13(24(26)27)8-9-14(15)19(25)23-10-4-7-16(23)18-21-17(22-28-18)12-5-2-1-3-6-12/h1-3,5-6,8-9,11,16H,4,7,10H2/t16-/m0/s1. The van der Waals surface area contributed by atoms with Crippen molar-refractivity contribution in [3.05, 3.63) is 75.1 Å². The van der Waals surface area contributed by atoms with Gasteiger partial charge < -0.3 is 9.42 Å². The number of nitro benzene ring substituents is 1. The number of hydrogen-bond acceptors (Lipinski definition) is 6. The molecule has 3 aromatic rings. The fourth-order valence-electron chi connectivity index (χ4n) is 3.29. The van der Waals surface area contributed by atoms with Gasteiger partial charge in [0.15, 0.2) is 0 Å². The number of hydrogen-bond donors (Lipinski definition) is 0. The normalized spacial score (nSPS) is 16.3. The van der Waals surface area contributed by atoms with E-state index in [1.807, 2.05) is 30.3 Å². The van der Waals surface area contributed by atoms with Crippen LogP contribution in [0.15, 0.2) is 53.1 Å². The van der Waals surface area contributed by atoms with Crippen LogP contribution in [0.3, 0.4) is 0 Å². The molecule has 0 aliphatic carbocycles. The van der Waals surface area contributed by atoms with E-state index in [0.717, 1.165) is 12.0 Å². The summed E-state index contributed by atoms with van der Waals surface area (Å²) in [4.78, 5) is 29.4. The molecule has 1 aliphatic rings. The summed E-state index contributed by atoms with van der Waals surface area (Å²) in [5.41, 5.74) is 0.873. The molecule has 1 aromatic heterocycles. The Morgan fingerprint density at radius 3 is 2.75 bits per heavy atom. The first-order chi connectivity index (χ1) is 13.5. The van der Waals surface area contributed by atoms with Crippen molar-refractivity contribution in [1.82, 2.24) is 15.0 Å². The Kier molecular flexibility index (Phi) is 4.79. The van der Waals surface area contributed by atoms with Crippen molar-refractivity contribution in [1.29, 1.82) is 0 Å². The number of nitro groups is 1. The zero-order chi connectivity index (χ0) is 19.7. The molecular weight excluding hydrogens is 384 g/mol. The second-order valence-electron chi connectivity index (χ2n) is 6.40. The van der Waals surface area contributed by atoms with Crippen LogP contribution in [0.5, 0.6) is 0 Å². The van der Waals surface area contributed by atoms with Crippen molar-refractivity contribution in [2.24, 2.45) is 0 Å². The lowest BCUT2D eigenvalue weighted by atomic mass is 10.1. The molecule has 1 saturated heterocycles. The van der Waals surface area contributed by atoms with Gasteiger partial charge in [-0.2, -0.15) is 4.98 Å². The summed E-state index contributed by atoms with van der Waals surface area (Å²) in [5.74, 6) is 0.507. The summed E-state index contributed by atoms with van der Waals surface area (Å²) in [6, 6.07) is 12.9. The van der Waals surface area contributed by atoms with Crippen LogP contribution in [0.4, 0.5) is 5.69 Å². The van der Waals surface area contributed by atoms with Gasteiger partial charge in [-0.15, -0.1) is 0 Å². The molecule has 0 N–H and O–H groups in total. The molecule has 28 heavy (non-hydrogen) atoms. The number of carbonyl (C=O) groups excluding carboxylic acids is 1. The molecule has 2 heterocycles. The highest BCUT2D eigenvalue weighted by Crippen LogP contribution is 2.34. The maximum atomic E-state index is 13.0. The smallest absolute Gasteiger partial charge is 0.270 e. The topological polar surface area (TPSA) is 102 Å². The number of likely N-dealkylation sites (tertiary alicyclic amines) is 1. The maximum Gasteiger partial charge on any atom is 0.270 e. The number of benzene rings is 2. The number of aromatic nitrogens is 2. The fraction of sp³-hybridized carbons (Fsp3) is 0.211. The van der Waals surface area contributed by atoms with E-state index in [2.05, 4.69) is 10.1 Å². The zero-order valence-corrected chi connectivity index (χ0v) is 15.4. The fourth-order valence-corrected chi connectivity index (χ4v) is 3.54. The molecule has 142 valence electrons. The molecule has 0 saturated carbocycles. The molecule has 0 unspecified atom stereocenters. The van der Waals surface area contributed by atoms with Gasteiger partial charge in [0.2, 0.25) is 11.7 Å². The van der Waals surface area contributed by atoms with Gasteiger partial charge in [0.1, 0.15) is 6.04 Å². The SMILES string of the molecule is O=C(c1ccc([N+](=O)[O-])cc1Cl)N1CCC[C@H]1c1nc(-c2ccccc2)no1. The highest BCUT2D eigenvalue weighted by Gasteiger charge is 2.35. The van der Waals surface area contributed by atoms with Gasteiger partial charge in [-0.3, -0.25) is 14.9 Å². The van der Waals surface area contributed by atoms with E-state index < -0.39 is 4.92 Å². The van der Waals surface area contributed by atoms with Crippen LogP contribution < -0.4 is 0 Å². The van der Waals surface area contributed by atoms with E-state index in [0.29, 0.717) is 24.7 Å². The number of amides is 1. The first kappa shape index (κ1) is 18.1. The van der Waals surface area contributed by atoms with Crippen LogP contribution in [0.1, 0.15) is 35.1 Å². The van der Waals surface area contributed by atoms with Crippen molar-refractivity contribution in [2.75, 3.05) is 6.54 Å². The largest absolute Gasteiger partial charge is 0.337 e. The number of carbonyl (C=O) groups is 1. The van der Waals surface area contributed by atoms with Crippen molar-refractivity contribution < 1.29 is 14.2 Å². The van der Waals surface area contributed by atoms with E-state index in [4.69, 9.17) is 16.1 Å². The molecule has 4 rings (SSSR count). The van der Waals surface area contributed by atoms with Crippen LogP contribution in [-0.2, 0) is 0 Å². The molecule has 2 aromatic carbocycles. The molecule has 1 aliphatic heterocycles. The maximum absolute atomic E-state index is 13.0. The Bertz CT molecular complexity index is 1040. The summed E-state index contributed by atoms with van der Waals surface area (Å²) >= 11 is 6.12. The second kappa shape index (κ2) is 7.40. The quantitative estimate of drug-likeness (QED) is 0.480. The summed E-state index contributed by atoms with van der Waals surface area (Å²) in [7, 11) is 0. The highest BCUT2D eigenvalue weighted by atomic mass is 35.5. The Labute approximate surface area is 164 Å². The predicted octanol–water partition coefficient (Wildman–Crippen LogP) is 4.28. The molecule has 0 spiro atoms. The van der Waals surface area contributed by atoms with E-state index in [9.17, 15) is 14.9 Å². The highest BCUT2D eigenvalue weighted by molar-refractivity contribution is 6.34. The molecular formula is C19H15ClN4O4. The minimum atomic E-state index is -0.553. The molecule has 1 amide bonds. The van der Waals surface area contributed by atoms with Crippen LogP contribution in [-0.4, -0.2) is 32.4 Å². The molecule has 1 fully saturated rings. The Balaban J connectivity index is 1.60. The average Bonchev–Trinajstić information content (AvgIpc) is 3.37. The summed E-state index contributed by atoms with van der Waals surface area (Å²) in [6.45, 7) is 0.514. The summed E-state index contributed by atoms with van der Waals surface area (Å²) < 4.78 is 5.42. The number of rotatable bonds is 4. The molecule has 9 heteroatoms. The van der Waals surface area contributed by atoms with E-state index >= 15 is 0 Å². The van der Waals surface area contributed by atoms with Gasteiger partial charge in [0, 0.05) is 24.2 Å². The van der Waals surface area contributed by atoms with Crippen molar-refractivity contribution in [3.63, 3.8) is 0 Å². The predicted molar refractivity (Wildman–Crippen MR) is 101 cm³/mol. The number of non-ortho nitro benzene ring substituents is 1. The van der Waals surface area contributed by atoms with Gasteiger partial charge in [0.05, 0.1) is 15.5 Å². The lowest BCUT2D eigenvalue weighted by molar-refractivity contribution is -0.384. The number of nitrogens with zero attached hydrogens (tertiary/aromatic N) is 4. The minimum Gasteiger partial charge on any atom is -0.337 e. The molecule has 0 radical (unpaired) electrons. The van der Waals surface area contributed by atoms with Gasteiger partial charge in [-0.25, -0.2) is 0 Å². The molecule has 8 nitrogen and oxygen atoms in total. The van der Waals surface area contributed by atoms with E-state index in [1.54, 1.807) is 4.90 Å². The third-order valence-corrected chi connectivity index (χ3v) is 4.98. The van der Waals surface area contributed by atoms with Gasteiger partial charge in [0.25, 0.3) is 11.6 Å². The monoisotopic (exact) mass is 398 g/mol. The Morgan fingerprint density at radius 1 is 1.25 bits per heavy atom. The minimum absolute atomic E-state index is 0.0420. The first-order valence-corrected chi connectivity index (χ1v) is 9.06. The van der Waals surface area contributed by atoms with Crippen LogP contribution in [0.25, 0.3) is 11.4 Å². The Hall–Kier alpha value is -3.26. The third kappa shape index (κ3) is 3.34. The third-order valence-electron chi connectivity index (χ3n) is 4.67. The van der Waals surface area contributed by atoms with Crippen molar-refractivity contribution >= 4 is 23.2 Å².